The predicted molar refractivity (Wildman–Crippen MR) is 107 cm³/mol. The Kier molecular flexibility index (Phi) is 4.36. The van der Waals surface area contributed by atoms with E-state index >= 15 is 0 Å². The molecule has 0 bridgehead atoms. The van der Waals surface area contributed by atoms with Crippen molar-refractivity contribution >= 4 is 33.7 Å². The van der Waals surface area contributed by atoms with E-state index in [2.05, 4.69) is 20.8 Å². The molecule has 8 heteroatoms. The fourth-order valence-electron chi connectivity index (χ4n) is 3.13. The number of H-pyrrole nitrogens is 1. The average molecular weight is 375 g/mol. The normalized spacial score (nSPS) is 10.9. The molecule has 140 valence electrons. The van der Waals surface area contributed by atoms with E-state index in [4.69, 9.17) is 0 Å². The van der Waals surface area contributed by atoms with E-state index in [9.17, 15) is 14.4 Å². The molecule has 8 nitrogen and oxygen atoms in total. The van der Waals surface area contributed by atoms with Crippen molar-refractivity contribution in [3.8, 4) is 0 Å². The topological polar surface area (TPSA) is 109 Å². The highest BCUT2D eigenvalue weighted by atomic mass is 16.2. The van der Waals surface area contributed by atoms with E-state index < -0.39 is 5.91 Å². The van der Waals surface area contributed by atoms with Crippen LogP contribution in [0.25, 0.3) is 21.8 Å². The van der Waals surface area contributed by atoms with Crippen molar-refractivity contribution in [2.75, 3.05) is 5.43 Å². The first-order valence-corrected chi connectivity index (χ1v) is 8.76. The molecule has 0 saturated carbocycles. The van der Waals surface area contributed by atoms with Crippen molar-refractivity contribution in [2.45, 2.75) is 13.5 Å². The molecule has 0 radical (unpaired) electrons. The van der Waals surface area contributed by atoms with Crippen LogP contribution in [0.2, 0.25) is 0 Å². The summed E-state index contributed by atoms with van der Waals surface area (Å²) in [5.74, 6) is -0.291. The highest BCUT2D eigenvalue weighted by Crippen LogP contribution is 2.15. The molecule has 0 fully saturated rings. The summed E-state index contributed by atoms with van der Waals surface area (Å²) in [4.78, 5) is 44.3. The minimum absolute atomic E-state index is 0.202. The van der Waals surface area contributed by atoms with Crippen LogP contribution in [0, 0.1) is 0 Å². The van der Waals surface area contributed by atoms with Gasteiger partial charge in [0.05, 0.1) is 16.5 Å². The number of aromatic amines is 1. The Bertz CT molecular complexity index is 1320. The molecule has 0 aliphatic heterocycles. The number of hydrogen-bond donors (Lipinski definition) is 3. The number of benzene rings is 2. The quantitative estimate of drug-likeness (QED) is 0.473. The third-order valence-electron chi connectivity index (χ3n) is 4.46. The second-order valence-corrected chi connectivity index (χ2v) is 6.17. The lowest BCUT2D eigenvalue weighted by Gasteiger charge is -2.14. The lowest BCUT2D eigenvalue weighted by Crippen LogP contribution is -2.34. The smallest absolute Gasteiger partial charge is 0.270 e. The van der Waals surface area contributed by atoms with Crippen LogP contribution < -0.4 is 22.0 Å². The van der Waals surface area contributed by atoms with Gasteiger partial charge in [-0.2, -0.15) is 0 Å². The molecule has 28 heavy (non-hydrogen) atoms. The number of hydrogen-bond acceptors (Lipinski definition) is 5. The van der Waals surface area contributed by atoms with Gasteiger partial charge in [-0.15, -0.1) is 0 Å². The fraction of sp³-hybridized carbons (Fsp3) is 0.100. The average Bonchev–Trinajstić information content (AvgIpc) is 2.71. The number of hydrazine groups is 1. The third-order valence-corrected chi connectivity index (χ3v) is 4.46. The highest BCUT2D eigenvalue weighted by molar-refractivity contribution is 6.06. The summed E-state index contributed by atoms with van der Waals surface area (Å²) in [7, 11) is 0. The number of fused-ring (bicyclic) bond motifs is 2. The number of nitrogens with one attached hydrogen (secondary N) is 3. The van der Waals surface area contributed by atoms with E-state index in [-0.39, 0.29) is 22.6 Å². The van der Waals surface area contributed by atoms with Gasteiger partial charge in [0.25, 0.3) is 11.5 Å². The predicted octanol–water partition coefficient (Wildman–Crippen LogP) is 2.01. The van der Waals surface area contributed by atoms with Crippen molar-refractivity contribution in [2.24, 2.45) is 0 Å². The zero-order valence-electron chi connectivity index (χ0n) is 15.0. The molecule has 0 aliphatic carbocycles. The first-order valence-electron chi connectivity index (χ1n) is 8.76. The van der Waals surface area contributed by atoms with Gasteiger partial charge in [-0.05, 0) is 25.1 Å². The van der Waals surface area contributed by atoms with Crippen LogP contribution in [0.5, 0.6) is 0 Å². The molecule has 4 aromatic rings. The van der Waals surface area contributed by atoms with Gasteiger partial charge in [-0.1, -0.05) is 30.3 Å². The summed E-state index contributed by atoms with van der Waals surface area (Å²) in [5, 5.41) is 1.11. The molecule has 0 saturated heterocycles. The summed E-state index contributed by atoms with van der Waals surface area (Å²) < 4.78 is 1.43. The number of pyridine rings is 1. The lowest BCUT2D eigenvalue weighted by atomic mass is 10.1. The van der Waals surface area contributed by atoms with Crippen molar-refractivity contribution in [1.29, 1.82) is 0 Å². The first kappa shape index (κ1) is 17.5. The number of aromatic nitrogens is 3. The summed E-state index contributed by atoms with van der Waals surface area (Å²) in [6.07, 6.45) is 0. The maximum Gasteiger partial charge on any atom is 0.270 e. The SMILES string of the molecule is CCn1c(NNC(=O)c2cc(=O)[nH]c3ccccc23)nc2ccccc2c1=O. The zero-order valence-corrected chi connectivity index (χ0v) is 15.0. The number of amides is 1. The van der Waals surface area contributed by atoms with Gasteiger partial charge in [-0.25, -0.2) is 4.98 Å². The van der Waals surface area contributed by atoms with Gasteiger partial charge < -0.3 is 4.98 Å². The molecule has 2 heterocycles. The molecule has 0 unspecified atom stereocenters. The Morgan fingerprint density at radius 1 is 1.07 bits per heavy atom. The molecule has 2 aromatic carbocycles. The number of carbonyl (C=O) groups is 1. The summed E-state index contributed by atoms with van der Waals surface area (Å²) in [5.41, 5.74) is 5.99. The first-order chi connectivity index (χ1) is 13.6. The number of rotatable bonds is 4. The van der Waals surface area contributed by atoms with Gasteiger partial charge in [0.1, 0.15) is 0 Å². The van der Waals surface area contributed by atoms with Crippen LogP contribution in [0.3, 0.4) is 0 Å². The molecule has 4 rings (SSSR count). The standard InChI is InChI=1S/C20H17N5O3/c1-2-25-19(28)13-8-4-6-10-16(13)22-20(25)24-23-18(27)14-11-17(26)21-15-9-5-3-7-12(14)15/h3-11H,2H2,1H3,(H,21,26)(H,22,24)(H,23,27). The fourth-order valence-corrected chi connectivity index (χ4v) is 3.13. The van der Waals surface area contributed by atoms with Crippen LogP contribution in [-0.2, 0) is 6.54 Å². The summed E-state index contributed by atoms with van der Waals surface area (Å²) in [6, 6.07) is 15.3. The van der Waals surface area contributed by atoms with E-state index in [0.717, 1.165) is 0 Å². The molecule has 2 aromatic heterocycles. The lowest BCUT2D eigenvalue weighted by molar-refractivity contribution is 0.0963. The van der Waals surface area contributed by atoms with E-state index in [0.29, 0.717) is 28.4 Å². The molecular weight excluding hydrogens is 358 g/mol. The summed E-state index contributed by atoms with van der Waals surface area (Å²) in [6.45, 7) is 2.19. The van der Waals surface area contributed by atoms with Crippen molar-refractivity contribution < 1.29 is 4.79 Å². The van der Waals surface area contributed by atoms with Crippen molar-refractivity contribution in [3.05, 3.63) is 80.9 Å². The van der Waals surface area contributed by atoms with Crippen molar-refractivity contribution in [1.82, 2.24) is 20.0 Å². The Hall–Kier alpha value is -3.94. The summed E-state index contributed by atoms with van der Waals surface area (Å²) >= 11 is 0. The van der Waals surface area contributed by atoms with Crippen LogP contribution in [0.4, 0.5) is 5.95 Å². The van der Waals surface area contributed by atoms with E-state index in [1.165, 1.54) is 10.6 Å². The molecule has 0 atom stereocenters. The third kappa shape index (κ3) is 3.01. The molecular formula is C20H17N5O3. The largest absolute Gasteiger partial charge is 0.322 e. The van der Waals surface area contributed by atoms with Gasteiger partial charge in [0.15, 0.2) is 0 Å². The number of anilines is 1. The second-order valence-electron chi connectivity index (χ2n) is 6.17. The monoisotopic (exact) mass is 375 g/mol. The Morgan fingerprint density at radius 3 is 2.57 bits per heavy atom. The van der Waals surface area contributed by atoms with E-state index in [1.807, 2.05) is 6.92 Å². The van der Waals surface area contributed by atoms with Crippen LogP contribution in [0.1, 0.15) is 17.3 Å². The van der Waals surface area contributed by atoms with Gasteiger partial charge in [0, 0.05) is 23.5 Å². The Morgan fingerprint density at radius 2 is 1.79 bits per heavy atom. The van der Waals surface area contributed by atoms with Gasteiger partial charge in [-0.3, -0.25) is 29.8 Å². The Balaban J connectivity index is 1.70. The van der Waals surface area contributed by atoms with Gasteiger partial charge >= 0.3 is 0 Å². The molecule has 3 N–H and O–H groups in total. The Labute approximate surface area is 158 Å². The maximum absolute atomic E-state index is 12.7. The minimum atomic E-state index is -0.507. The zero-order chi connectivity index (χ0) is 19.7. The van der Waals surface area contributed by atoms with Crippen LogP contribution in [0.15, 0.2) is 64.2 Å². The van der Waals surface area contributed by atoms with E-state index in [1.54, 1.807) is 48.5 Å². The minimum Gasteiger partial charge on any atom is -0.322 e. The molecule has 1 amide bonds. The van der Waals surface area contributed by atoms with Gasteiger partial charge in [0.2, 0.25) is 11.5 Å². The van der Waals surface area contributed by atoms with Crippen LogP contribution in [-0.4, -0.2) is 20.4 Å². The number of carbonyl (C=O) groups excluding carboxylic acids is 1. The van der Waals surface area contributed by atoms with Crippen molar-refractivity contribution in [3.63, 3.8) is 0 Å². The molecule has 0 aliphatic rings. The molecule has 0 spiro atoms. The highest BCUT2D eigenvalue weighted by Gasteiger charge is 2.14. The maximum atomic E-state index is 12.7. The second kappa shape index (κ2) is 6.99. The van der Waals surface area contributed by atoms with Crippen LogP contribution >= 0.6 is 0 Å². The number of para-hydroxylation sites is 2. The number of nitrogens with zero attached hydrogens (tertiary/aromatic N) is 2.